The molecule has 0 saturated carbocycles. The van der Waals surface area contributed by atoms with Crippen LogP contribution in [0.1, 0.15) is 11.5 Å². The minimum atomic E-state index is -4.43. The van der Waals surface area contributed by atoms with Crippen LogP contribution in [0.3, 0.4) is 0 Å². The molecular weight excluding hydrogens is 371 g/mol. The third-order valence-electron chi connectivity index (χ3n) is 3.36. The molecular formula is C15H14F3N5O2S. The van der Waals surface area contributed by atoms with Gasteiger partial charge in [-0.2, -0.15) is 18.2 Å². The van der Waals surface area contributed by atoms with E-state index in [0.717, 1.165) is 12.1 Å². The van der Waals surface area contributed by atoms with Crippen LogP contribution in [-0.2, 0) is 23.2 Å². The Kier molecular flexibility index (Phi) is 5.57. The second kappa shape index (κ2) is 7.87. The lowest BCUT2D eigenvalue weighted by atomic mass is 10.1. The van der Waals surface area contributed by atoms with Crippen LogP contribution in [0.25, 0.3) is 11.4 Å². The van der Waals surface area contributed by atoms with Gasteiger partial charge in [0.05, 0.1) is 17.9 Å². The molecule has 1 aromatic carbocycles. The van der Waals surface area contributed by atoms with E-state index in [9.17, 15) is 13.2 Å². The molecule has 0 atom stereocenters. The van der Waals surface area contributed by atoms with Crippen LogP contribution >= 0.6 is 11.8 Å². The number of thioether (sulfide) groups is 1. The van der Waals surface area contributed by atoms with Crippen molar-refractivity contribution in [2.45, 2.75) is 23.6 Å². The Labute approximate surface area is 150 Å². The number of ether oxygens (including phenoxy) is 1. The van der Waals surface area contributed by atoms with E-state index in [-0.39, 0.29) is 17.3 Å². The van der Waals surface area contributed by atoms with Crippen molar-refractivity contribution in [3.8, 4) is 11.4 Å². The maximum absolute atomic E-state index is 12.8. The van der Waals surface area contributed by atoms with E-state index in [4.69, 9.17) is 9.26 Å². The number of halogens is 3. The fourth-order valence-electron chi connectivity index (χ4n) is 2.09. The van der Waals surface area contributed by atoms with Gasteiger partial charge < -0.3 is 13.8 Å². The van der Waals surface area contributed by atoms with Gasteiger partial charge in [-0.25, -0.2) is 0 Å². The van der Waals surface area contributed by atoms with Gasteiger partial charge >= 0.3 is 6.18 Å². The highest BCUT2D eigenvalue weighted by molar-refractivity contribution is 7.98. The van der Waals surface area contributed by atoms with E-state index in [1.54, 1.807) is 13.4 Å². The van der Waals surface area contributed by atoms with Gasteiger partial charge in [0, 0.05) is 19.2 Å². The fourth-order valence-corrected chi connectivity index (χ4v) is 2.87. The summed E-state index contributed by atoms with van der Waals surface area (Å²) in [5, 5.41) is 12.2. The molecule has 0 saturated heterocycles. The highest BCUT2D eigenvalue weighted by Crippen LogP contribution is 2.31. The van der Waals surface area contributed by atoms with Crippen molar-refractivity contribution >= 4 is 11.8 Å². The highest BCUT2D eigenvalue weighted by Gasteiger charge is 2.30. The Balaban J connectivity index is 1.68. The number of hydrogen-bond acceptors (Lipinski definition) is 7. The van der Waals surface area contributed by atoms with E-state index in [1.807, 2.05) is 4.57 Å². The van der Waals surface area contributed by atoms with Gasteiger partial charge in [-0.05, 0) is 12.1 Å². The largest absolute Gasteiger partial charge is 0.416 e. The molecule has 0 aliphatic heterocycles. The van der Waals surface area contributed by atoms with E-state index >= 15 is 0 Å². The standard InChI is InChI=1S/C15H14F3N5O2S/c1-24-6-5-23-9-19-21-14(23)26-8-12-20-13(22-25-12)10-3-2-4-11(7-10)15(16,17)18/h2-4,7,9H,5-6,8H2,1H3. The van der Waals surface area contributed by atoms with Crippen LogP contribution < -0.4 is 0 Å². The molecule has 3 aromatic rings. The van der Waals surface area contributed by atoms with Gasteiger partial charge in [0.15, 0.2) is 5.16 Å². The first-order valence-electron chi connectivity index (χ1n) is 7.47. The minimum absolute atomic E-state index is 0.104. The second-order valence-electron chi connectivity index (χ2n) is 5.18. The number of nitrogens with zero attached hydrogens (tertiary/aromatic N) is 5. The van der Waals surface area contributed by atoms with E-state index in [2.05, 4.69) is 20.3 Å². The summed E-state index contributed by atoms with van der Waals surface area (Å²) in [6.07, 6.45) is -2.84. The van der Waals surface area contributed by atoms with E-state index in [1.165, 1.54) is 23.9 Å². The Bertz CT molecular complexity index is 865. The minimum Gasteiger partial charge on any atom is -0.383 e. The second-order valence-corrected chi connectivity index (χ2v) is 6.12. The smallest absolute Gasteiger partial charge is 0.383 e. The zero-order valence-corrected chi connectivity index (χ0v) is 14.4. The molecule has 0 spiro atoms. The molecule has 2 heterocycles. The van der Waals surface area contributed by atoms with Crippen LogP contribution in [0.2, 0.25) is 0 Å². The Morgan fingerprint density at radius 2 is 2.15 bits per heavy atom. The van der Waals surface area contributed by atoms with Crippen LogP contribution in [0.4, 0.5) is 13.2 Å². The van der Waals surface area contributed by atoms with Crippen LogP contribution in [0.5, 0.6) is 0 Å². The van der Waals surface area contributed by atoms with Crippen LogP contribution in [-0.4, -0.2) is 38.6 Å². The summed E-state index contributed by atoms with van der Waals surface area (Å²) in [5.74, 6) is 0.703. The number of alkyl halides is 3. The molecule has 11 heteroatoms. The van der Waals surface area contributed by atoms with Gasteiger partial charge in [0.25, 0.3) is 0 Å². The summed E-state index contributed by atoms with van der Waals surface area (Å²) < 4.78 is 50.4. The highest BCUT2D eigenvalue weighted by atomic mass is 32.2. The Morgan fingerprint density at radius 1 is 1.31 bits per heavy atom. The molecule has 0 bridgehead atoms. The number of methoxy groups -OCH3 is 1. The van der Waals surface area contributed by atoms with Crippen molar-refractivity contribution in [2.24, 2.45) is 0 Å². The third-order valence-corrected chi connectivity index (χ3v) is 4.32. The van der Waals surface area contributed by atoms with E-state index in [0.29, 0.717) is 24.1 Å². The maximum atomic E-state index is 12.8. The number of benzene rings is 1. The average Bonchev–Trinajstić information content (AvgIpc) is 3.26. The van der Waals surface area contributed by atoms with Crippen LogP contribution in [0, 0.1) is 0 Å². The first-order valence-corrected chi connectivity index (χ1v) is 8.45. The van der Waals surface area contributed by atoms with Crippen molar-refractivity contribution in [3.63, 3.8) is 0 Å². The van der Waals surface area contributed by atoms with Gasteiger partial charge in [0.1, 0.15) is 6.33 Å². The lowest BCUT2D eigenvalue weighted by molar-refractivity contribution is -0.137. The summed E-state index contributed by atoms with van der Waals surface area (Å²) in [5.41, 5.74) is -0.523. The topological polar surface area (TPSA) is 78.9 Å². The molecule has 3 rings (SSSR count). The van der Waals surface area contributed by atoms with Crippen molar-refractivity contribution in [1.82, 2.24) is 24.9 Å². The predicted octanol–water partition coefficient (Wildman–Crippen LogP) is 3.29. The predicted molar refractivity (Wildman–Crippen MR) is 86.2 cm³/mol. The zero-order chi connectivity index (χ0) is 18.6. The zero-order valence-electron chi connectivity index (χ0n) is 13.6. The van der Waals surface area contributed by atoms with E-state index < -0.39 is 11.7 Å². The first-order chi connectivity index (χ1) is 12.5. The van der Waals surface area contributed by atoms with Gasteiger partial charge in [-0.1, -0.05) is 29.1 Å². The lowest BCUT2D eigenvalue weighted by Crippen LogP contribution is -2.04. The fraction of sp³-hybridized carbons (Fsp3) is 0.333. The SMILES string of the molecule is COCCn1cnnc1SCc1nc(-c2cccc(C(F)(F)F)c2)no1. The number of rotatable bonds is 7. The van der Waals surface area contributed by atoms with Crippen molar-refractivity contribution in [2.75, 3.05) is 13.7 Å². The normalized spacial score (nSPS) is 11.8. The van der Waals surface area contributed by atoms with Crippen LogP contribution in [0.15, 0.2) is 40.3 Å². The monoisotopic (exact) mass is 385 g/mol. The van der Waals surface area contributed by atoms with Crippen molar-refractivity contribution in [3.05, 3.63) is 42.0 Å². The van der Waals surface area contributed by atoms with Crippen molar-refractivity contribution in [1.29, 1.82) is 0 Å². The molecule has 138 valence electrons. The summed E-state index contributed by atoms with van der Waals surface area (Å²) in [7, 11) is 1.60. The van der Waals surface area contributed by atoms with Gasteiger partial charge in [-0.3, -0.25) is 0 Å². The molecule has 0 fully saturated rings. The quantitative estimate of drug-likeness (QED) is 0.578. The third kappa shape index (κ3) is 4.41. The molecule has 0 amide bonds. The van der Waals surface area contributed by atoms with Gasteiger partial charge in [0.2, 0.25) is 11.7 Å². The average molecular weight is 385 g/mol. The first kappa shape index (κ1) is 18.4. The Morgan fingerprint density at radius 3 is 2.92 bits per heavy atom. The van der Waals surface area contributed by atoms with Crippen molar-refractivity contribution < 1.29 is 22.4 Å². The summed E-state index contributed by atoms with van der Waals surface area (Å²) in [6, 6.07) is 4.79. The molecule has 0 unspecified atom stereocenters. The molecule has 0 aliphatic carbocycles. The molecule has 26 heavy (non-hydrogen) atoms. The molecule has 7 nitrogen and oxygen atoms in total. The maximum Gasteiger partial charge on any atom is 0.416 e. The molecule has 0 radical (unpaired) electrons. The summed E-state index contributed by atoms with van der Waals surface area (Å²) in [4.78, 5) is 4.15. The Hall–Kier alpha value is -2.40. The number of aromatic nitrogens is 5. The molecule has 0 N–H and O–H groups in total. The summed E-state index contributed by atoms with van der Waals surface area (Å²) in [6.45, 7) is 1.12. The number of hydrogen-bond donors (Lipinski definition) is 0. The molecule has 0 aliphatic rings. The van der Waals surface area contributed by atoms with Gasteiger partial charge in [-0.15, -0.1) is 10.2 Å². The molecule has 2 aromatic heterocycles. The lowest BCUT2D eigenvalue weighted by Gasteiger charge is -2.06. The summed E-state index contributed by atoms with van der Waals surface area (Å²) >= 11 is 1.33.